The maximum Gasteiger partial charge on any atom is 0.175 e. The summed E-state index contributed by atoms with van der Waals surface area (Å²) in [7, 11) is 0. The van der Waals surface area contributed by atoms with E-state index in [-0.39, 0.29) is 0 Å². The number of hydrogen-bond donors (Lipinski definition) is 1. The number of fused-ring (bicyclic) bond motifs is 1. The molecular weight excluding hydrogens is 232 g/mol. The van der Waals surface area contributed by atoms with Crippen LogP contribution in [0.4, 0.5) is 0 Å². The Morgan fingerprint density at radius 1 is 1.47 bits per heavy atom. The Hall–Kier alpha value is -0.910. The third kappa shape index (κ3) is 1.47. The first-order valence-corrected chi connectivity index (χ1v) is 5.98. The van der Waals surface area contributed by atoms with Crippen LogP contribution in [0.1, 0.15) is 5.82 Å². The molecule has 78 valence electrons. The summed E-state index contributed by atoms with van der Waals surface area (Å²) < 4.78 is 2.13. The fraction of sp³-hybridized carbons (Fsp3) is 0.333. The summed E-state index contributed by atoms with van der Waals surface area (Å²) in [5.41, 5.74) is 0. The molecule has 0 atom stereocenters. The second-order valence-corrected chi connectivity index (χ2v) is 4.69. The van der Waals surface area contributed by atoms with Gasteiger partial charge in [-0.15, -0.1) is 21.5 Å². The summed E-state index contributed by atoms with van der Waals surface area (Å²) >= 11 is 7.69. The highest BCUT2D eigenvalue weighted by molar-refractivity contribution is 7.14. The fourth-order valence-electron chi connectivity index (χ4n) is 1.71. The molecule has 1 N–H and O–H groups in total. The van der Waals surface area contributed by atoms with Crippen LogP contribution in [0.3, 0.4) is 0 Å². The molecule has 0 bridgehead atoms. The first-order valence-electron chi connectivity index (χ1n) is 4.72. The SMILES string of the molecule is Clc1ccsc1-c1nnc2n1CCNC2. The Morgan fingerprint density at radius 3 is 3.20 bits per heavy atom. The molecule has 2 aromatic rings. The Labute approximate surface area is 95.9 Å². The largest absolute Gasteiger partial charge is 0.308 e. The first kappa shape index (κ1) is 9.33. The van der Waals surface area contributed by atoms with Crippen molar-refractivity contribution in [2.45, 2.75) is 13.1 Å². The molecule has 0 aliphatic carbocycles. The Morgan fingerprint density at radius 2 is 2.40 bits per heavy atom. The maximum atomic E-state index is 6.09. The van der Waals surface area contributed by atoms with E-state index in [0.717, 1.165) is 41.2 Å². The predicted molar refractivity (Wildman–Crippen MR) is 60.1 cm³/mol. The topological polar surface area (TPSA) is 42.7 Å². The number of nitrogens with one attached hydrogen (secondary N) is 1. The normalized spacial score (nSPS) is 15.3. The van der Waals surface area contributed by atoms with Gasteiger partial charge in [0.2, 0.25) is 0 Å². The number of rotatable bonds is 1. The van der Waals surface area contributed by atoms with Crippen molar-refractivity contribution in [2.24, 2.45) is 0 Å². The van der Waals surface area contributed by atoms with Crippen LogP contribution in [-0.4, -0.2) is 21.3 Å². The van der Waals surface area contributed by atoms with E-state index in [1.165, 1.54) is 0 Å². The molecule has 0 amide bonds. The molecule has 3 heterocycles. The van der Waals surface area contributed by atoms with Crippen molar-refractivity contribution in [3.63, 3.8) is 0 Å². The van der Waals surface area contributed by atoms with E-state index in [0.29, 0.717) is 0 Å². The average molecular weight is 241 g/mol. The molecule has 0 aromatic carbocycles. The second-order valence-electron chi connectivity index (χ2n) is 3.37. The molecule has 15 heavy (non-hydrogen) atoms. The zero-order chi connectivity index (χ0) is 10.3. The Balaban J connectivity index is 2.13. The summed E-state index contributed by atoms with van der Waals surface area (Å²) in [6.45, 7) is 2.66. The number of nitrogens with zero attached hydrogens (tertiary/aromatic N) is 3. The van der Waals surface area contributed by atoms with Crippen LogP contribution < -0.4 is 5.32 Å². The lowest BCUT2D eigenvalue weighted by molar-refractivity contribution is 0.508. The Bertz CT molecular complexity index is 490. The van der Waals surface area contributed by atoms with E-state index in [9.17, 15) is 0 Å². The summed E-state index contributed by atoms with van der Waals surface area (Å²) in [6, 6.07) is 1.89. The molecule has 0 saturated heterocycles. The summed E-state index contributed by atoms with van der Waals surface area (Å²) in [5, 5.41) is 14.3. The van der Waals surface area contributed by atoms with Crippen molar-refractivity contribution in [2.75, 3.05) is 6.54 Å². The number of thiophene rings is 1. The van der Waals surface area contributed by atoms with E-state index in [2.05, 4.69) is 20.1 Å². The van der Waals surface area contributed by atoms with Crippen molar-refractivity contribution < 1.29 is 0 Å². The molecule has 0 spiro atoms. The van der Waals surface area contributed by atoms with E-state index < -0.39 is 0 Å². The van der Waals surface area contributed by atoms with Crippen LogP contribution in [0.5, 0.6) is 0 Å². The van der Waals surface area contributed by atoms with Crippen LogP contribution >= 0.6 is 22.9 Å². The van der Waals surface area contributed by atoms with Gasteiger partial charge in [0, 0.05) is 13.1 Å². The van der Waals surface area contributed by atoms with Crippen LogP contribution in [0, 0.1) is 0 Å². The van der Waals surface area contributed by atoms with Crippen LogP contribution in [0.15, 0.2) is 11.4 Å². The van der Waals surface area contributed by atoms with E-state index in [1.807, 2.05) is 11.4 Å². The molecule has 1 aliphatic heterocycles. The van der Waals surface area contributed by atoms with E-state index in [1.54, 1.807) is 11.3 Å². The molecule has 0 fully saturated rings. The van der Waals surface area contributed by atoms with Gasteiger partial charge in [-0.3, -0.25) is 0 Å². The minimum atomic E-state index is 0.758. The number of hydrogen-bond acceptors (Lipinski definition) is 4. The van der Waals surface area contributed by atoms with Crippen molar-refractivity contribution in [3.8, 4) is 10.7 Å². The average Bonchev–Trinajstić information content (AvgIpc) is 2.83. The summed E-state index contributed by atoms with van der Waals surface area (Å²) in [6.07, 6.45) is 0. The van der Waals surface area contributed by atoms with Gasteiger partial charge >= 0.3 is 0 Å². The first-order chi connectivity index (χ1) is 7.36. The quantitative estimate of drug-likeness (QED) is 0.826. The van der Waals surface area contributed by atoms with E-state index >= 15 is 0 Å². The van der Waals surface area contributed by atoms with Gasteiger partial charge in [-0.1, -0.05) is 11.6 Å². The minimum Gasteiger partial charge on any atom is -0.308 e. The van der Waals surface area contributed by atoms with Crippen LogP contribution in [0.2, 0.25) is 5.02 Å². The molecule has 2 aromatic heterocycles. The van der Waals surface area contributed by atoms with Gasteiger partial charge in [0.1, 0.15) is 5.82 Å². The maximum absolute atomic E-state index is 6.09. The third-order valence-electron chi connectivity index (χ3n) is 2.44. The molecular formula is C9H9ClN4S. The molecule has 4 nitrogen and oxygen atoms in total. The highest BCUT2D eigenvalue weighted by Gasteiger charge is 2.18. The van der Waals surface area contributed by atoms with Gasteiger partial charge in [-0.05, 0) is 11.4 Å². The number of halogens is 1. The van der Waals surface area contributed by atoms with Crippen molar-refractivity contribution in [3.05, 3.63) is 22.3 Å². The van der Waals surface area contributed by atoms with E-state index in [4.69, 9.17) is 11.6 Å². The number of aromatic nitrogens is 3. The molecule has 6 heteroatoms. The van der Waals surface area contributed by atoms with Gasteiger partial charge in [0.05, 0.1) is 16.4 Å². The van der Waals surface area contributed by atoms with Gasteiger partial charge in [0.25, 0.3) is 0 Å². The molecule has 0 unspecified atom stereocenters. The third-order valence-corrected chi connectivity index (χ3v) is 3.78. The standard InChI is InChI=1S/C9H9ClN4S/c10-6-1-4-15-8(6)9-13-12-7-5-11-2-3-14(7)9/h1,4,11H,2-3,5H2. The lowest BCUT2D eigenvalue weighted by Gasteiger charge is -2.15. The summed E-state index contributed by atoms with van der Waals surface area (Å²) in [5.74, 6) is 1.88. The second kappa shape index (κ2) is 3.59. The zero-order valence-corrected chi connectivity index (χ0v) is 9.48. The highest BCUT2D eigenvalue weighted by Crippen LogP contribution is 2.32. The molecule has 1 aliphatic rings. The minimum absolute atomic E-state index is 0.758. The molecule has 0 saturated carbocycles. The summed E-state index contributed by atoms with van der Waals surface area (Å²) in [4.78, 5) is 1.01. The molecule has 3 rings (SSSR count). The van der Waals surface area contributed by atoms with Gasteiger partial charge < -0.3 is 9.88 Å². The zero-order valence-electron chi connectivity index (χ0n) is 7.90. The van der Waals surface area contributed by atoms with Gasteiger partial charge in [-0.25, -0.2) is 0 Å². The monoisotopic (exact) mass is 240 g/mol. The smallest absolute Gasteiger partial charge is 0.175 e. The van der Waals surface area contributed by atoms with Gasteiger partial charge in [0.15, 0.2) is 5.82 Å². The van der Waals surface area contributed by atoms with Gasteiger partial charge in [-0.2, -0.15) is 0 Å². The van der Waals surface area contributed by atoms with Crippen molar-refractivity contribution >= 4 is 22.9 Å². The van der Waals surface area contributed by atoms with Crippen LogP contribution in [0.25, 0.3) is 10.7 Å². The lowest BCUT2D eigenvalue weighted by Crippen LogP contribution is -2.28. The predicted octanol–water partition coefficient (Wildman–Crippen LogP) is 1.76. The fourth-order valence-corrected chi connectivity index (χ4v) is 2.85. The Kier molecular flexibility index (Phi) is 2.23. The van der Waals surface area contributed by atoms with Crippen LogP contribution in [-0.2, 0) is 13.1 Å². The van der Waals surface area contributed by atoms with Crippen molar-refractivity contribution in [1.82, 2.24) is 20.1 Å². The lowest BCUT2D eigenvalue weighted by atomic mass is 10.4. The van der Waals surface area contributed by atoms with Crippen molar-refractivity contribution in [1.29, 1.82) is 0 Å². The molecule has 0 radical (unpaired) electrons. The highest BCUT2D eigenvalue weighted by atomic mass is 35.5.